The third-order valence-electron chi connectivity index (χ3n) is 2.92. The molecule has 0 bridgehead atoms. The van der Waals surface area contributed by atoms with Crippen LogP contribution in [0, 0.1) is 12.7 Å². The number of nitrogens with one attached hydrogen (secondary N) is 2. The molecule has 0 aliphatic carbocycles. The Hall–Kier alpha value is -2.08. The van der Waals surface area contributed by atoms with E-state index in [4.69, 9.17) is 4.74 Å². The van der Waals surface area contributed by atoms with Gasteiger partial charge in [-0.1, -0.05) is 28.1 Å². The van der Waals surface area contributed by atoms with Crippen molar-refractivity contribution in [2.75, 3.05) is 18.5 Å². The summed E-state index contributed by atoms with van der Waals surface area (Å²) in [4.78, 5) is 11.8. The number of para-hydroxylation sites is 1. The first-order valence-corrected chi connectivity index (χ1v) is 7.54. The summed E-state index contributed by atoms with van der Waals surface area (Å²) in [5, 5.41) is 5.40. The molecule has 116 valence electrons. The lowest BCUT2D eigenvalue weighted by Gasteiger charge is -2.11. The molecular formula is C16H16BrFN2O2. The fraction of sp³-hybridized carbons (Fsp3) is 0.188. The minimum atomic E-state index is -0.419. The lowest BCUT2D eigenvalue weighted by atomic mass is 10.2. The molecule has 2 rings (SSSR count). The molecule has 0 saturated heterocycles. The van der Waals surface area contributed by atoms with Gasteiger partial charge in [-0.3, -0.25) is 0 Å². The number of amides is 2. The average molecular weight is 367 g/mol. The molecule has 0 atom stereocenters. The van der Waals surface area contributed by atoms with E-state index in [0.717, 1.165) is 15.7 Å². The molecule has 0 aromatic heterocycles. The molecule has 0 aliphatic rings. The second-order valence-electron chi connectivity index (χ2n) is 4.62. The van der Waals surface area contributed by atoms with Gasteiger partial charge < -0.3 is 15.4 Å². The Morgan fingerprint density at radius 1 is 1.27 bits per heavy atom. The van der Waals surface area contributed by atoms with Gasteiger partial charge in [0, 0.05) is 10.2 Å². The third kappa shape index (κ3) is 4.73. The van der Waals surface area contributed by atoms with Gasteiger partial charge in [0.1, 0.15) is 6.61 Å². The molecule has 0 fully saturated rings. The molecular weight excluding hydrogens is 351 g/mol. The van der Waals surface area contributed by atoms with Crippen molar-refractivity contribution < 1.29 is 13.9 Å². The molecule has 2 N–H and O–H groups in total. The van der Waals surface area contributed by atoms with Gasteiger partial charge in [0.05, 0.1) is 6.54 Å². The predicted octanol–water partition coefficient (Wildman–Crippen LogP) is 4.10. The average Bonchev–Trinajstić information content (AvgIpc) is 2.48. The number of urea groups is 1. The van der Waals surface area contributed by atoms with Crippen LogP contribution in [-0.2, 0) is 0 Å². The molecule has 6 heteroatoms. The number of rotatable bonds is 5. The molecule has 4 nitrogen and oxygen atoms in total. The molecule has 2 amide bonds. The number of halogens is 2. The number of hydrogen-bond donors (Lipinski definition) is 2. The van der Waals surface area contributed by atoms with Crippen molar-refractivity contribution in [1.29, 1.82) is 0 Å². The van der Waals surface area contributed by atoms with Crippen molar-refractivity contribution in [2.24, 2.45) is 0 Å². The van der Waals surface area contributed by atoms with Crippen LogP contribution in [0.2, 0.25) is 0 Å². The van der Waals surface area contributed by atoms with E-state index in [0.29, 0.717) is 0 Å². The molecule has 0 saturated carbocycles. The number of benzene rings is 2. The van der Waals surface area contributed by atoms with E-state index in [1.54, 1.807) is 18.2 Å². The molecule has 0 radical (unpaired) electrons. The van der Waals surface area contributed by atoms with Gasteiger partial charge in [-0.15, -0.1) is 0 Å². The van der Waals surface area contributed by atoms with E-state index >= 15 is 0 Å². The Morgan fingerprint density at radius 3 is 2.77 bits per heavy atom. The highest BCUT2D eigenvalue weighted by Crippen LogP contribution is 2.19. The maximum atomic E-state index is 13.3. The Kier molecular flexibility index (Phi) is 5.77. The van der Waals surface area contributed by atoms with E-state index in [-0.39, 0.29) is 24.9 Å². The summed E-state index contributed by atoms with van der Waals surface area (Å²) < 4.78 is 19.5. The van der Waals surface area contributed by atoms with Crippen LogP contribution >= 0.6 is 15.9 Å². The summed E-state index contributed by atoms with van der Waals surface area (Å²) in [7, 11) is 0. The number of aryl methyl sites for hydroxylation is 1. The number of hydrogen-bond acceptors (Lipinski definition) is 2. The number of carbonyl (C=O) groups excluding carboxylic acids is 1. The molecule has 0 aliphatic heterocycles. The monoisotopic (exact) mass is 366 g/mol. The van der Waals surface area contributed by atoms with Crippen molar-refractivity contribution in [3.8, 4) is 5.75 Å². The Morgan fingerprint density at radius 2 is 2.05 bits per heavy atom. The van der Waals surface area contributed by atoms with E-state index in [1.165, 1.54) is 6.07 Å². The summed E-state index contributed by atoms with van der Waals surface area (Å²) >= 11 is 3.37. The largest absolute Gasteiger partial charge is 0.489 e. The van der Waals surface area contributed by atoms with Gasteiger partial charge in [0.2, 0.25) is 0 Å². The minimum Gasteiger partial charge on any atom is -0.489 e. The molecule has 2 aromatic rings. The normalized spacial score (nSPS) is 10.1. The summed E-state index contributed by atoms with van der Waals surface area (Å²) in [6.07, 6.45) is 0. The van der Waals surface area contributed by atoms with Crippen LogP contribution in [0.25, 0.3) is 0 Å². The number of ether oxygens (including phenoxy) is 1. The van der Waals surface area contributed by atoms with Crippen molar-refractivity contribution in [3.63, 3.8) is 0 Å². The van der Waals surface area contributed by atoms with Crippen molar-refractivity contribution >= 4 is 27.6 Å². The van der Waals surface area contributed by atoms with E-state index in [9.17, 15) is 9.18 Å². The zero-order valence-electron chi connectivity index (χ0n) is 12.0. The minimum absolute atomic E-state index is 0.175. The highest BCUT2D eigenvalue weighted by molar-refractivity contribution is 9.10. The Balaban J connectivity index is 1.75. The van der Waals surface area contributed by atoms with Crippen LogP contribution in [0.15, 0.2) is 46.9 Å². The molecule has 0 heterocycles. The fourth-order valence-electron chi connectivity index (χ4n) is 1.82. The summed E-state index contributed by atoms with van der Waals surface area (Å²) in [6, 6.07) is 11.4. The lowest BCUT2D eigenvalue weighted by Crippen LogP contribution is -2.32. The van der Waals surface area contributed by atoms with E-state index < -0.39 is 5.82 Å². The van der Waals surface area contributed by atoms with Gasteiger partial charge in [-0.05, 0) is 42.8 Å². The van der Waals surface area contributed by atoms with Crippen molar-refractivity contribution in [1.82, 2.24) is 5.32 Å². The fourth-order valence-corrected chi connectivity index (χ4v) is 2.30. The van der Waals surface area contributed by atoms with Gasteiger partial charge in [0.25, 0.3) is 0 Å². The van der Waals surface area contributed by atoms with Crippen LogP contribution in [-0.4, -0.2) is 19.2 Å². The van der Waals surface area contributed by atoms with E-state index in [1.807, 2.05) is 25.1 Å². The second kappa shape index (κ2) is 7.79. The van der Waals surface area contributed by atoms with Crippen LogP contribution in [0.3, 0.4) is 0 Å². The smallest absolute Gasteiger partial charge is 0.319 e. The summed E-state index contributed by atoms with van der Waals surface area (Å²) in [5.41, 5.74) is 1.68. The standard InChI is InChI=1S/C16H16BrFN2O2/c1-11-10-12(17)6-7-14(11)20-16(21)19-8-9-22-15-5-3-2-4-13(15)18/h2-7,10H,8-9H2,1H3,(H2,19,20,21). The quantitative estimate of drug-likeness (QED) is 0.782. The Labute approximate surface area is 136 Å². The molecule has 2 aromatic carbocycles. The van der Waals surface area contributed by atoms with E-state index in [2.05, 4.69) is 26.6 Å². The van der Waals surface area contributed by atoms with Gasteiger partial charge in [0.15, 0.2) is 11.6 Å². The molecule has 0 spiro atoms. The topological polar surface area (TPSA) is 50.4 Å². The van der Waals surface area contributed by atoms with Crippen LogP contribution in [0.5, 0.6) is 5.75 Å². The lowest BCUT2D eigenvalue weighted by molar-refractivity contribution is 0.246. The number of carbonyl (C=O) groups is 1. The molecule has 22 heavy (non-hydrogen) atoms. The SMILES string of the molecule is Cc1cc(Br)ccc1NC(=O)NCCOc1ccccc1F. The van der Waals surface area contributed by atoms with Gasteiger partial charge in [-0.25, -0.2) is 9.18 Å². The van der Waals surface area contributed by atoms with Crippen LogP contribution in [0.4, 0.5) is 14.9 Å². The maximum Gasteiger partial charge on any atom is 0.319 e. The summed E-state index contributed by atoms with van der Waals surface area (Å²) in [5.74, 6) is -0.245. The first kappa shape index (κ1) is 16.3. The zero-order valence-corrected chi connectivity index (χ0v) is 13.6. The highest BCUT2D eigenvalue weighted by Gasteiger charge is 2.05. The van der Waals surface area contributed by atoms with Gasteiger partial charge in [-0.2, -0.15) is 0 Å². The first-order chi connectivity index (χ1) is 10.6. The van der Waals surface area contributed by atoms with Crippen LogP contribution in [0.1, 0.15) is 5.56 Å². The zero-order chi connectivity index (χ0) is 15.9. The van der Waals surface area contributed by atoms with Crippen molar-refractivity contribution in [2.45, 2.75) is 6.92 Å². The van der Waals surface area contributed by atoms with Crippen molar-refractivity contribution in [3.05, 3.63) is 58.3 Å². The first-order valence-electron chi connectivity index (χ1n) is 6.74. The molecule has 0 unspecified atom stereocenters. The number of anilines is 1. The second-order valence-corrected chi connectivity index (χ2v) is 5.53. The van der Waals surface area contributed by atoms with Crippen LogP contribution < -0.4 is 15.4 Å². The third-order valence-corrected chi connectivity index (χ3v) is 3.41. The summed E-state index contributed by atoms with van der Waals surface area (Å²) in [6.45, 7) is 2.37. The predicted molar refractivity (Wildman–Crippen MR) is 87.8 cm³/mol. The van der Waals surface area contributed by atoms with Gasteiger partial charge >= 0.3 is 6.03 Å². The Bertz CT molecular complexity index is 664. The highest BCUT2D eigenvalue weighted by atomic mass is 79.9. The maximum absolute atomic E-state index is 13.3.